The Hall–Kier alpha value is -4.26. The highest BCUT2D eigenvalue weighted by Gasteiger charge is 2.44. The van der Waals surface area contributed by atoms with Gasteiger partial charge in [-0.3, -0.25) is 0 Å². The van der Waals surface area contributed by atoms with Gasteiger partial charge in [-0.05, 0) is 82.7 Å². The third kappa shape index (κ3) is 6.93. The first-order chi connectivity index (χ1) is 22.1. The standard InChI is InChI=1S/C33H37F3N4O6/c1-3-43-28-15-20(31(41)44-4-2)11-14-26(28)38-32(42)40-22-12-13-23(40)17-21(16-22)37-18-25-29(39-46-30(25)19-9-10-19)24-7-5-6-8-27(24)45-33(34,35)36/h5-8,11,14-15,19,21-23,37H,3-4,9-10,12-13,16-18H2,1-2H3,(H,38,42). The Bertz CT molecular complexity index is 1560. The lowest BCUT2D eigenvalue weighted by molar-refractivity contribution is -0.274. The van der Waals surface area contributed by atoms with Gasteiger partial charge in [0.1, 0.15) is 23.0 Å². The molecule has 6 rings (SSSR count). The molecule has 13 heteroatoms. The van der Waals surface area contributed by atoms with Gasteiger partial charge in [-0.15, -0.1) is 13.2 Å². The Morgan fingerprint density at radius 3 is 2.41 bits per heavy atom. The molecule has 3 heterocycles. The number of para-hydroxylation sites is 1. The molecule has 3 aromatic rings. The van der Waals surface area contributed by atoms with Crippen LogP contribution in [-0.4, -0.2) is 59.8 Å². The van der Waals surface area contributed by atoms with E-state index >= 15 is 0 Å². The summed E-state index contributed by atoms with van der Waals surface area (Å²) in [5, 5.41) is 10.8. The Balaban J connectivity index is 1.14. The molecule has 3 aliphatic rings. The lowest BCUT2D eigenvalue weighted by atomic mass is 9.96. The van der Waals surface area contributed by atoms with E-state index in [1.807, 2.05) is 11.8 Å². The summed E-state index contributed by atoms with van der Waals surface area (Å²) in [7, 11) is 0. The van der Waals surface area contributed by atoms with E-state index in [-0.39, 0.29) is 48.0 Å². The molecular weight excluding hydrogens is 605 g/mol. The summed E-state index contributed by atoms with van der Waals surface area (Å²) in [4.78, 5) is 27.7. The number of hydrogen-bond donors (Lipinski definition) is 2. The van der Waals surface area contributed by atoms with Gasteiger partial charge in [0, 0.05) is 41.7 Å². The van der Waals surface area contributed by atoms with Crippen molar-refractivity contribution < 1.29 is 41.5 Å². The number of rotatable bonds is 11. The summed E-state index contributed by atoms with van der Waals surface area (Å²) in [6.45, 7) is 4.53. The molecule has 3 fully saturated rings. The zero-order chi connectivity index (χ0) is 32.4. The first kappa shape index (κ1) is 31.7. The third-order valence-electron chi connectivity index (χ3n) is 8.70. The highest BCUT2D eigenvalue weighted by Crippen LogP contribution is 2.46. The van der Waals surface area contributed by atoms with Crippen LogP contribution in [0.5, 0.6) is 11.5 Å². The zero-order valence-electron chi connectivity index (χ0n) is 25.7. The van der Waals surface area contributed by atoms with Gasteiger partial charge in [0.15, 0.2) is 0 Å². The number of benzene rings is 2. The number of amides is 2. The fraction of sp³-hybridized carbons (Fsp3) is 0.485. The van der Waals surface area contributed by atoms with Crippen LogP contribution in [0.3, 0.4) is 0 Å². The molecule has 2 N–H and O–H groups in total. The van der Waals surface area contributed by atoms with Crippen molar-refractivity contribution in [1.29, 1.82) is 0 Å². The molecule has 0 spiro atoms. The largest absolute Gasteiger partial charge is 0.573 e. The summed E-state index contributed by atoms with van der Waals surface area (Å²) in [6.07, 6.45) is 0.212. The number of nitrogens with one attached hydrogen (secondary N) is 2. The predicted octanol–water partition coefficient (Wildman–Crippen LogP) is 7.01. The van der Waals surface area contributed by atoms with Crippen molar-refractivity contribution in [2.75, 3.05) is 18.5 Å². The highest BCUT2D eigenvalue weighted by molar-refractivity contribution is 5.94. The number of carbonyl (C=O) groups excluding carboxylic acids is 2. The molecule has 1 aliphatic carbocycles. The number of halogens is 3. The summed E-state index contributed by atoms with van der Waals surface area (Å²) in [5.74, 6) is 0.498. The van der Waals surface area contributed by atoms with Gasteiger partial charge in [-0.25, -0.2) is 9.59 Å². The lowest BCUT2D eigenvalue weighted by Crippen LogP contribution is -2.52. The summed E-state index contributed by atoms with van der Waals surface area (Å²) in [6, 6.07) is 10.7. The SMILES string of the molecule is CCOC(=O)c1ccc(NC(=O)N2C3CCC2CC(NCc2c(-c4ccccc4OC(F)(F)F)noc2C2CC2)C3)c(OCC)c1. The van der Waals surface area contributed by atoms with Crippen LogP contribution in [0.4, 0.5) is 23.7 Å². The molecular formula is C33H37F3N4O6. The summed E-state index contributed by atoms with van der Waals surface area (Å²) >= 11 is 0. The van der Waals surface area contributed by atoms with Crippen molar-refractivity contribution in [2.24, 2.45) is 0 Å². The minimum Gasteiger partial charge on any atom is -0.492 e. The van der Waals surface area contributed by atoms with Crippen molar-refractivity contribution in [2.45, 2.75) is 89.3 Å². The quantitative estimate of drug-likeness (QED) is 0.215. The molecule has 2 amide bonds. The number of urea groups is 1. The van der Waals surface area contributed by atoms with E-state index in [9.17, 15) is 22.8 Å². The molecule has 246 valence electrons. The van der Waals surface area contributed by atoms with Crippen molar-refractivity contribution >= 4 is 17.7 Å². The maximum absolute atomic E-state index is 13.6. The number of esters is 1. The Labute approximate surface area is 264 Å². The number of hydrogen-bond acceptors (Lipinski definition) is 8. The van der Waals surface area contributed by atoms with Crippen LogP contribution >= 0.6 is 0 Å². The van der Waals surface area contributed by atoms with Crippen molar-refractivity contribution in [3.63, 3.8) is 0 Å². The average molecular weight is 643 g/mol. The number of fused-ring (bicyclic) bond motifs is 2. The van der Waals surface area contributed by atoms with Gasteiger partial charge in [-0.2, -0.15) is 0 Å². The number of anilines is 1. The molecule has 46 heavy (non-hydrogen) atoms. The van der Waals surface area contributed by atoms with Crippen LogP contribution in [0.15, 0.2) is 47.0 Å². The number of ether oxygens (including phenoxy) is 3. The van der Waals surface area contributed by atoms with Gasteiger partial charge < -0.3 is 34.3 Å². The Morgan fingerprint density at radius 1 is 1.00 bits per heavy atom. The van der Waals surface area contributed by atoms with Crippen LogP contribution in [0, 0.1) is 0 Å². The van der Waals surface area contributed by atoms with Crippen LogP contribution in [0.1, 0.15) is 80.0 Å². The monoisotopic (exact) mass is 642 g/mol. The minimum absolute atomic E-state index is 0.0105. The fourth-order valence-corrected chi connectivity index (χ4v) is 6.59. The summed E-state index contributed by atoms with van der Waals surface area (Å²) < 4.78 is 60.3. The lowest BCUT2D eigenvalue weighted by Gasteiger charge is -2.39. The molecule has 2 saturated heterocycles. The predicted molar refractivity (Wildman–Crippen MR) is 162 cm³/mol. The van der Waals surface area contributed by atoms with Gasteiger partial charge >= 0.3 is 18.4 Å². The van der Waals surface area contributed by atoms with Gasteiger partial charge in [0.2, 0.25) is 0 Å². The minimum atomic E-state index is -4.84. The molecule has 10 nitrogen and oxygen atoms in total. The van der Waals surface area contributed by atoms with Crippen LogP contribution in [0.2, 0.25) is 0 Å². The molecule has 2 bridgehead atoms. The van der Waals surface area contributed by atoms with Crippen molar-refractivity contribution in [3.05, 3.63) is 59.4 Å². The first-order valence-electron chi connectivity index (χ1n) is 15.7. The molecule has 2 aromatic carbocycles. The topological polar surface area (TPSA) is 115 Å². The zero-order valence-corrected chi connectivity index (χ0v) is 25.7. The molecule has 1 aromatic heterocycles. The van der Waals surface area contributed by atoms with Crippen LogP contribution in [0.25, 0.3) is 11.3 Å². The first-order valence-corrected chi connectivity index (χ1v) is 15.7. The number of carbonyl (C=O) groups is 2. The van der Waals surface area contributed by atoms with E-state index < -0.39 is 12.3 Å². The maximum Gasteiger partial charge on any atom is 0.573 e. The van der Waals surface area contributed by atoms with Gasteiger partial charge in [-0.1, -0.05) is 17.3 Å². The Morgan fingerprint density at radius 2 is 1.74 bits per heavy atom. The van der Waals surface area contributed by atoms with E-state index in [1.54, 1.807) is 37.3 Å². The van der Waals surface area contributed by atoms with E-state index in [1.165, 1.54) is 12.1 Å². The second kappa shape index (κ2) is 13.2. The second-order valence-electron chi connectivity index (χ2n) is 11.8. The number of piperidine rings is 1. The highest BCUT2D eigenvalue weighted by atomic mass is 19.4. The van der Waals surface area contributed by atoms with Crippen molar-refractivity contribution in [1.82, 2.24) is 15.4 Å². The fourth-order valence-electron chi connectivity index (χ4n) is 6.59. The molecule has 1 saturated carbocycles. The molecule has 2 atom stereocenters. The van der Waals surface area contributed by atoms with Gasteiger partial charge in [0.05, 0.1) is 24.5 Å². The van der Waals surface area contributed by atoms with E-state index in [4.69, 9.17) is 14.0 Å². The molecule has 2 unspecified atom stereocenters. The average Bonchev–Trinajstić information content (AvgIpc) is 3.71. The van der Waals surface area contributed by atoms with E-state index in [0.717, 1.165) is 44.1 Å². The normalized spacial score (nSPS) is 20.8. The third-order valence-corrected chi connectivity index (χ3v) is 8.70. The van der Waals surface area contributed by atoms with Crippen LogP contribution in [-0.2, 0) is 11.3 Å². The smallest absolute Gasteiger partial charge is 0.492 e. The molecule has 0 radical (unpaired) electrons. The maximum atomic E-state index is 13.6. The van der Waals surface area contributed by atoms with Crippen molar-refractivity contribution in [3.8, 4) is 22.8 Å². The van der Waals surface area contributed by atoms with E-state index in [0.29, 0.717) is 41.6 Å². The summed E-state index contributed by atoms with van der Waals surface area (Å²) in [5.41, 5.74) is 2.12. The van der Waals surface area contributed by atoms with Gasteiger partial charge in [0.25, 0.3) is 0 Å². The van der Waals surface area contributed by atoms with Crippen LogP contribution < -0.4 is 20.1 Å². The number of nitrogens with zero attached hydrogens (tertiary/aromatic N) is 2. The number of aromatic nitrogens is 1. The van der Waals surface area contributed by atoms with E-state index in [2.05, 4.69) is 20.5 Å². The molecule has 2 aliphatic heterocycles. The number of alkyl halides is 3. The second-order valence-corrected chi connectivity index (χ2v) is 11.8. The Kier molecular flexibility index (Phi) is 9.12.